The summed E-state index contributed by atoms with van der Waals surface area (Å²) in [6.45, 7) is 1.16. The summed E-state index contributed by atoms with van der Waals surface area (Å²) in [5.74, 6) is 1.32. The van der Waals surface area contributed by atoms with E-state index >= 15 is 0 Å². The maximum Gasteiger partial charge on any atom is 0.305 e. The lowest BCUT2D eigenvalue weighted by molar-refractivity contribution is -0.140. The highest BCUT2D eigenvalue weighted by molar-refractivity contribution is 5.69. The molecule has 0 radical (unpaired) electrons. The Morgan fingerprint density at radius 1 is 1.37 bits per heavy atom. The molecule has 0 bridgehead atoms. The number of hydrogen-bond donors (Lipinski definition) is 1. The van der Waals surface area contributed by atoms with E-state index in [2.05, 4.69) is 4.74 Å². The van der Waals surface area contributed by atoms with Crippen LogP contribution in [0.1, 0.15) is 18.4 Å². The molecule has 1 aromatic carbocycles. The average molecular weight is 265 g/mol. The molecule has 1 atom stereocenters. The van der Waals surface area contributed by atoms with Crippen molar-refractivity contribution < 1.29 is 19.0 Å². The lowest BCUT2D eigenvalue weighted by Crippen LogP contribution is -2.24. The minimum atomic E-state index is -0.224. The van der Waals surface area contributed by atoms with Gasteiger partial charge in [0.25, 0.3) is 0 Å². The van der Waals surface area contributed by atoms with Crippen LogP contribution in [0.15, 0.2) is 18.2 Å². The van der Waals surface area contributed by atoms with E-state index in [-0.39, 0.29) is 12.0 Å². The van der Waals surface area contributed by atoms with Gasteiger partial charge in [-0.1, -0.05) is 6.07 Å². The standard InChI is InChI=1S/C14H19NO4/c1-17-14(16)5-3-11(15)8-10-2-4-12-13(9-10)19-7-6-18-12/h2,4,9,11H,3,5-8,15H2,1H3. The van der Waals surface area contributed by atoms with Gasteiger partial charge >= 0.3 is 5.97 Å². The fourth-order valence-electron chi connectivity index (χ4n) is 2.02. The molecule has 19 heavy (non-hydrogen) atoms. The van der Waals surface area contributed by atoms with Crippen molar-refractivity contribution in [3.63, 3.8) is 0 Å². The first-order valence-corrected chi connectivity index (χ1v) is 6.40. The van der Waals surface area contributed by atoms with Gasteiger partial charge in [-0.3, -0.25) is 4.79 Å². The topological polar surface area (TPSA) is 70.8 Å². The van der Waals surface area contributed by atoms with Gasteiger partial charge in [-0.05, 0) is 30.5 Å². The Labute approximate surface area is 112 Å². The van der Waals surface area contributed by atoms with E-state index in [0.29, 0.717) is 32.5 Å². The lowest BCUT2D eigenvalue weighted by Gasteiger charge is -2.19. The predicted octanol–water partition coefficient (Wildman–Crippen LogP) is 1.28. The highest BCUT2D eigenvalue weighted by Crippen LogP contribution is 2.31. The molecule has 0 spiro atoms. The van der Waals surface area contributed by atoms with E-state index in [1.807, 2.05) is 18.2 Å². The van der Waals surface area contributed by atoms with Gasteiger partial charge in [0.2, 0.25) is 0 Å². The first-order valence-electron chi connectivity index (χ1n) is 6.40. The fraction of sp³-hybridized carbons (Fsp3) is 0.500. The summed E-state index contributed by atoms with van der Waals surface area (Å²) < 4.78 is 15.6. The molecule has 0 saturated carbocycles. The number of methoxy groups -OCH3 is 1. The average Bonchev–Trinajstić information content (AvgIpc) is 2.44. The Morgan fingerprint density at radius 3 is 2.84 bits per heavy atom. The number of nitrogens with two attached hydrogens (primary N) is 1. The Hall–Kier alpha value is -1.75. The quantitative estimate of drug-likeness (QED) is 0.812. The predicted molar refractivity (Wildman–Crippen MR) is 70.4 cm³/mol. The maximum atomic E-state index is 11.0. The van der Waals surface area contributed by atoms with Crippen LogP contribution in [0.3, 0.4) is 0 Å². The van der Waals surface area contributed by atoms with E-state index in [0.717, 1.165) is 17.1 Å². The highest BCUT2D eigenvalue weighted by Gasteiger charge is 2.13. The van der Waals surface area contributed by atoms with Crippen molar-refractivity contribution in [2.24, 2.45) is 5.73 Å². The largest absolute Gasteiger partial charge is 0.486 e. The molecule has 5 heteroatoms. The second-order valence-corrected chi connectivity index (χ2v) is 4.56. The van der Waals surface area contributed by atoms with Gasteiger partial charge in [-0.25, -0.2) is 0 Å². The van der Waals surface area contributed by atoms with Crippen molar-refractivity contribution in [3.8, 4) is 11.5 Å². The molecule has 0 fully saturated rings. The molecule has 104 valence electrons. The number of carbonyl (C=O) groups excluding carboxylic acids is 1. The summed E-state index contributed by atoms with van der Waals surface area (Å²) >= 11 is 0. The fourth-order valence-corrected chi connectivity index (χ4v) is 2.02. The number of rotatable bonds is 5. The van der Waals surface area contributed by atoms with Crippen LogP contribution in [0.4, 0.5) is 0 Å². The van der Waals surface area contributed by atoms with Gasteiger partial charge in [0, 0.05) is 12.5 Å². The summed E-state index contributed by atoms with van der Waals surface area (Å²) in [5, 5.41) is 0. The molecule has 2 N–H and O–H groups in total. The van der Waals surface area contributed by atoms with Crippen LogP contribution in [0.5, 0.6) is 11.5 Å². The van der Waals surface area contributed by atoms with E-state index in [4.69, 9.17) is 15.2 Å². The smallest absolute Gasteiger partial charge is 0.305 e. The monoisotopic (exact) mass is 265 g/mol. The number of fused-ring (bicyclic) bond motifs is 1. The van der Waals surface area contributed by atoms with Crippen LogP contribution >= 0.6 is 0 Å². The zero-order chi connectivity index (χ0) is 13.7. The third-order valence-corrected chi connectivity index (χ3v) is 3.05. The van der Waals surface area contributed by atoms with Crippen LogP contribution in [-0.2, 0) is 16.0 Å². The zero-order valence-corrected chi connectivity index (χ0v) is 11.1. The van der Waals surface area contributed by atoms with Gasteiger partial charge in [-0.2, -0.15) is 0 Å². The van der Waals surface area contributed by atoms with Gasteiger partial charge in [-0.15, -0.1) is 0 Å². The second kappa shape index (κ2) is 6.43. The number of ether oxygens (including phenoxy) is 3. The van der Waals surface area contributed by atoms with Gasteiger partial charge < -0.3 is 19.9 Å². The van der Waals surface area contributed by atoms with E-state index in [9.17, 15) is 4.79 Å². The summed E-state index contributed by atoms with van der Waals surface area (Å²) in [5.41, 5.74) is 7.09. The van der Waals surface area contributed by atoms with Crippen LogP contribution < -0.4 is 15.2 Å². The van der Waals surface area contributed by atoms with Crippen LogP contribution in [0.25, 0.3) is 0 Å². The van der Waals surface area contributed by atoms with Gasteiger partial charge in [0.1, 0.15) is 13.2 Å². The third kappa shape index (κ3) is 3.86. The molecule has 1 aliphatic heterocycles. The van der Waals surface area contributed by atoms with E-state index < -0.39 is 0 Å². The normalized spacial score (nSPS) is 14.8. The Balaban J connectivity index is 1.90. The minimum absolute atomic E-state index is 0.0679. The molecule has 0 saturated heterocycles. The van der Waals surface area contributed by atoms with Crippen molar-refractivity contribution in [2.45, 2.75) is 25.3 Å². The molecule has 1 unspecified atom stereocenters. The van der Waals surface area contributed by atoms with Crippen molar-refractivity contribution in [3.05, 3.63) is 23.8 Å². The van der Waals surface area contributed by atoms with Gasteiger partial charge in [0.05, 0.1) is 7.11 Å². The number of carbonyl (C=O) groups is 1. The molecular formula is C14H19NO4. The Bertz CT molecular complexity index is 447. The lowest BCUT2D eigenvalue weighted by atomic mass is 10.0. The first kappa shape index (κ1) is 13.7. The van der Waals surface area contributed by atoms with Crippen LogP contribution in [-0.4, -0.2) is 32.3 Å². The van der Waals surface area contributed by atoms with Crippen molar-refractivity contribution in [1.29, 1.82) is 0 Å². The number of esters is 1. The summed E-state index contributed by atoms with van der Waals surface area (Å²) in [6.07, 6.45) is 1.66. The number of benzene rings is 1. The van der Waals surface area contributed by atoms with Gasteiger partial charge in [0.15, 0.2) is 11.5 Å². The molecule has 1 aliphatic rings. The Morgan fingerprint density at radius 2 is 2.11 bits per heavy atom. The van der Waals surface area contributed by atoms with E-state index in [1.54, 1.807) is 0 Å². The number of hydrogen-bond acceptors (Lipinski definition) is 5. The molecule has 1 aromatic rings. The highest BCUT2D eigenvalue weighted by atomic mass is 16.6. The maximum absolute atomic E-state index is 11.0. The minimum Gasteiger partial charge on any atom is -0.486 e. The van der Waals surface area contributed by atoms with Crippen LogP contribution in [0, 0.1) is 0 Å². The molecule has 0 amide bonds. The zero-order valence-electron chi connectivity index (χ0n) is 11.1. The molecule has 0 aliphatic carbocycles. The molecule has 2 rings (SSSR count). The van der Waals surface area contributed by atoms with Crippen LogP contribution in [0.2, 0.25) is 0 Å². The molecule has 5 nitrogen and oxygen atoms in total. The molecule has 0 aromatic heterocycles. The second-order valence-electron chi connectivity index (χ2n) is 4.56. The van der Waals surface area contributed by atoms with Crippen molar-refractivity contribution in [2.75, 3.05) is 20.3 Å². The first-order chi connectivity index (χ1) is 9.19. The molecule has 1 heterocycles. The third-order valence-electron chi connectivity index (χ3n) is 3.05. The van der Waals surface area contributed by atoms with Crippen molar-refractivity contribution >= 4 is 5.97 Å². The Kier molecular flexibility index (Phi) is 4.63. The SMILES string of the molecule is COC(=O)CCC(N)Cc1ccc2c(c1)OCCO2. The van der Waals surface area contributed by atoms with E-state index in [1.165, 1.54) is 7.11 Å². The summed E-state index contributed by atoms with van der Waals surface area (Å²) in [4.78, 5) is 11.0. The summed E-state index contributed by atoms with van der Waals surface area (Å²) in [6, 6.07) is 5.76. The molecular weight excluding hydrogens is 246 g/mol. The van der Waals surface area contributed by atoms with Crippen molar-refractivity contribution in [1.82, 2.24) is 0 Å². The summed E-state index contributed by atoms with van der Waals surface area (Å²) in [7, 11) is 1.38.